The molecule has 64 heavy (non-hydrogen) atoms. The number of rotatable bonds is 5. The number of carbonyl (C=O) groups excluding carboxylic acids is 4. The van der Waals surface area contributed by atoms with Gasteiger partial charge < -0.3 is 34.3 Å². The maximum Gasteiger partial charge on any atom is 0.411 e. The van der Waals surface area contributed by atoms with Crippen molar-refractivity contribution in [2.75, 3.05) is 6.61 Å². The standard InChI is InChI=1S/C24H21F2N3O3.C11H21NO3.C11H19NO3.2CH4/c1-13-5-10-18-21(29-22(24(32)28(13)18)23(31)19(30)12-27-29)20(14-6-8-16(25)9-7-14)15-3-2-4-17(26)11-15;2*1-8-5-6-9(7-13)12(8)10(14)15-11(2,3)4;;/h2-4,6-9,11-13,18,20-21,31H,5,10H2,1H3;8-9,13H,5-7H2,1-4H3;7-9H,5-6H2,1-4H3;2*1H4/t13-,18+,20+,21+;2*8-,9+;;/m000../s1. The van der Waals surface area contributed by atoms with Crippen LogP contribution >= 0.6 is 0 Å². The molecule has 3 saturated heterocycles. The Bertz CT molecular complexity index is 2140. The number of carbonyl (C=O) groups is 4. The molecule has 7 rings (SSSR count). The van der Waals surface area contributed by atoms with E-state index in [9.17, 15) is 37.9 Å². The van der Waals surface area contributed by atoms with E-state index in [0.717, 1.165) is 44.6 Å². The van der Waals surface area contributed by atoms with Crippen LogP contribution in [0.2, 0.25) is 0 Å². The summed E-state index contributed by atoms with van der Waals surface area (Å²) in [5.74, 6) is -2.43. The highest BCUT2D eigenvalue weighted by Gasteiger charge is 2.50. The highest BCUT2D eigenvalue weighted by molar-refractivity contribution is 5.96. The zero-order valence-electron chi connectivity index (χ0n) is 37.1. The Morgan fingerprint density at radius 2 is 1.36 bits per heavy atom. The van der Waals surface area contributed by atoms with Crippen LogP contribution in [0.5, 0.6) is 5.75 Å². The SMILES string of the molecule is C.C.C[C@H]1CC[C@@H]2[C@H]([C@H](c3ccc(F)cc3)c3cccc(F)c3)n3ncc(=O)c(O)c3C(=O)N21.C[C@H]1CC[C@H](C=O)N1C(=O)OC(C)(C)C.C[C@H]1CC[C@H](CO)N1C(=O)OC(C)(C)C. The number of aliphatic hydroxyl groups is 1. The monoisotopic (exact) mass is 898 g/mol. The first kappa shape index (κ1) is 53.0. The van der Waals surface area contributed by atoms with Gasteiger partial charge in [0.2, 0.25) is 5.43 Å². The second-order valence-electron chi connectivity index (χ2n) is 18.6. The summed E-state index contributed by atoms with van der Waals surface area (Å²) in [4.78, 5) is 64.7. The molecule has 2 N–H and O–H groups in total. The molecule has 0 saturated carbocycles. The molecule has 3 amide bonds. The van der Waals surface area contributed by atoms with Gasteiger partial charge in [0, 0.05) is 24.0 Å². The third-order valence-electron chi connectivity index (χ3n) is 11.7. The van der Waals surface area contributed by atoms with E-state index in [2.05, 4.69) is 5.10 Å². The highest BCUT2D eigenvalue weighted by Crippen LogP contribution is 2.47. The van der Waals surface area contributed by atoms with E-state index in [0.29, 0.717) is 17.5 Å². The number of aliphatic hydroxyl groups excluding tert-OH is 1. The number of hydrogen-bond donors (Lipinski definition) is 2. The molecule has 2 aromatic carbocycles. The minimum absolute atomic E-state index is 0. The van der Waals surface area contributed by atoms with Crippen molar-refractivity contribution in [3.63, 3.8) is 0 Å². The lowest BCUT2D eigenvalue weighted by atomic mass is 9.80. The van der Waals surface area contributed by atoms with Gasteiger partial charge in [-0.1, -0.05) is 39.1 Å². The summed E-state index contributed by atoms with van der Waals surface area (Å²) in [6.07, 6.45) is 5.93. The molecule has 1 aromatic heterocycles. The number of halogens is 2. The summed E-state index contributed by atoms with van der Waals surface area (Å²) in [5.41, 5.74) is -0.552. The fraction of sp³-hybridized carbons (Fsp3) is 0.583. The number of aldehydes is 1. The van der Waals surface area contributed by atoms with Crippen LogP contribution in [0.4, 0.5) is 18.4 Å². The third-order valence-corrected chi connectivity index (χ3v) is 11.7. The number of ether oxygens (including phenoxy) is 2. The maximum atomic E-state index is 14.3. The van der Waals surface area contributed by atoms with Crippen LogP contribution in [-0.4, -0.2) is 113 Å². The number of hydrogen-bond acceptors (Lipinski definition) is 10. The summed E-state index contributed by atoms with van der Waals surface area (Å²) >= 11 is 0. The highest BCUT2D eigenvalue weighted by atomic mass is 19.1. The van der Waals surface area contributed by atoms with E-state index in [-0.39, 0.29) is 75.6 Å². The van der Waals surface area contributed by atoms with Crippen molar-refractivity contribution in [3.05, 3.63) is 93.4 Å². The number of aromatic hydroxyl groups is 1. The van der Waals surface area contributed by atoms with Gasteiger partial charge in [-0.15, -0.1) is 0 Å². The Labute approximate surface area is 376 Å². The van der Waals surface area contributed by atoms with Gasteiger partial charge in [0.25, 0.3) is 5.91 Å². The molecule has 5 heterocycles. The van der Waals surface area contributed by atoms with Crippen LogP contribution in [0, 0.1) is 11.6 Å². The first-order valence-electron chi connectivity index (χ1n) is 21.3. The van der Waals surface area contributed by atoms with E-state index in [1.54, 1.807) is 34.1 Å². The molecule has 3 aromatic rings. The molecule has 0 aliphatic carbocycles. The molecule has 0 radical (unpaired) electrons. The second kappa shape index (κ2) is 21.5. The van der Waals surface area contributed by atoms with E-state index < -0.39 is 51.9 Å². The molecule has 0 bridgehead atoms. The minimum atomic E-state index is -0.738. The zero-order chi connectivity index (χ0) is 45.8. The van der Waals surface area contributed by atoms with Crippen LogP contribution in [0.1, 0.15) is 149 Å². The molecule has 16 heteroatoms. The second-order valence-corrected chi connectivity index (χ2v) is 18.6. The van der Waals surface area contributed by atoms with Crippen LogP contribution in [0.25, 0.3) is 0 Å². The first-order chi connectivity index (χ1) is 29.1. The van der Waals surface area contributed by atoms with Gasteiger partial charge in [0.1, 0.15) is 29.1 Å². The normalized spacial score (nSPS) is 24.0. The molecule has 4 aliphatic rings. The van der Waals surface area contributed by atoms with Crippen molar-refractivity contribution in [1.29, 1.82) is 0 Å². The third kappa shape index (κ3) is 12.0. The fourth-order valence-electron chi connectivity index (χ4n) is 8.87. The van der Waals surface area contributed by atoms with Gasteiger partial charge in [-0.05, 0) is 136 Å². The summed E-state index contributed by atoms with van der Waals surface area (Å²) in [6, 6.07) is 11.0. The van der Waals surface area contributed by atoms with E-state index in [4.69, 9.17) is 14.6 Å². The lowest BCUT2D eigenvalue weighted by molar-refractivity contribution is -0.112. The molecular formula is C48H69F2N5O9. The molecule has 0 unspecified atom stereocenters. The Morgan fingerprint density at radius 3 is 1.92 bits per heavy atom. The van der Waals surface area contributed by atoms with Gasteiger partial charge in [-0.2, -0.15) is 5.10 Å². The molecule has 8 atom stereocenters. The lowest BCUT2D eigenvalue weighted by Gasteiger charge is -2.43. The van der Waals surface area contributed by atoms with Crippen LogP contribution in [-0.2, 0) is 14.3 Å². The number of benzene rings is 2. The number of nitrogens with zero attached hydrogens (tertiary/aromatic N) is 5. The summed E-state index contributed by atoms with van der Waals surface area (Å²) < 4.78 is 39.9. The van der Waals surface area contributed by atoms with Crippen LogP contribution in [0.3, 0.4) is 0 Å². The van der Waals surface area contributed by atoms with Crippen LogP contribution < -0.4 is 5.43 Å². The van der Waals surface area contributed by atoms with Gasteiger partial charge in [-0.25, -0.2) is 18.4 Å². The van der Waals surface area contributed by atoms with Gasteiger partial charge in [0.05, 0.1) is 37.0 Å². The van der Waals surface area contributed by atoms with E-state index >= 15 is 0 Å². The maximum absolute atomic E-state index is 14.3. The summed E-state index contributed by atoms with van der Waals surface area (Å²) in [5, 5.41) is 23.9. The van der Waals surface area contributed by atoms with Gasteiger partial charge in [0.15, 0.2) is 11.4 Å². The Balaban J connectivity index is 0.000000287. The van der Waals surface area contributed by atoms with Gasteiger partial charge in [-0.3, -0.25) is 19.2 Å². The average Bonchev–Trinajstić information content (AvgIpc) is 3.89. The molecular weight excluding hydrogens is 829 g/mol. The smallest absolute Gasteiger partial charge is 0.411 e. The summed E-state index contributed by atoms with van der Waals surface area (Å²) in [7, 11) is 0. The van der Waals surface area contributed by atoms with Crippen LogP contribution in [0.15, 0.2) is 59.5 Å². The van der Waals surface area contributed by atoms with Crippen molar-refractivity contribution in [2.45, 2.75) is 175 Å². The molecule has 4 aliphatic heterocycles. The number of amides is 3. The number of aromatic nitrogens is 2. The Hall–Kier alpha value is -5.38. The molecule has 3 fully saturated rings. The van der Waals surface area contributed by atoms with E-state index in [1.807, 2.05) is 62.3 Å². The lowest BCUT2D eigenvalue weighted by Crippen LogP contribution is -2.52. The van der Waals surface area contributed by atoms with Crippen molar-refractivity contribution in [1.82, 2.24) is 24.5 Å². The van der Waals surface area contributed by atoms with E-state index in [1.165, 1.54) is 33.8 Å². The van der Waals surface area contributed by atoms with Gasteiger partial charge >= 0.3 is 12.2 Å². The Kier molecular flexibility index (Phi) is 17.8. The first-order valence-corrected chi connectivity index (χ1v) is 21.3. The largest absolute Gasteiger partial charge is 0.502 e. The van der Waals surface area contributed by atoms with Crippen molar-refractivity contribution >= 4 is 24.4 Å². The topological polar surface area (TPSA) is 172 Å². The quantitative estimate of drug-likeness (QED) is 0.236. The number of fused-ring (bicyclic) bond motifs is 2. The minimum Gasteiger partial charge on any atom is -0.502 e. The molecule has 14 nitrogen and oxygen atoms in total. The Morgan fingerprint density at radius 1 is 0.797 bits per heavy atom. The average molecular weight is 898 g/mol. The van der Waals surface area contributed by atoms with Crippen molar-refractivity contribution in [2.24, 2.45) is 0 Å². The van der Waals surface area contributed by atoms with Crippen molar-refractivity contribution < 1.29 is 47.6 Å². The molecule has 354 valence electrons. The predicted molar refractivity (Wildman–Crippen MR) is 240 cm³/mol. The molecule has 0 spiro atoms. The summed E-state index contributed by atoms with van der Waals surface area (Å²) in [6.45, 7) is 16.9. The fourth-order valence-corrected chi connectivity index (χ4v) is 8.87. The predicted octanol–water partition coefficient (Wildman–Crippen LogP) is 8.62. The zero-order valence-corrected chi connectivity index (χ0v) is 37.1. The van der Waals surface area contributed by atoms with Crippen molar-refractivity contribution in [3.8, 4) is 5.75 Å². The number of likely N-dealkylation sites (tertiary alicyclic amines) is 2.